The number of pyridine rings is 1. The summed E-state index contributed by atoms with van der Waals surface area (Å²) in [5, 5.41) is 0. The van der Waals surface area contributed by atoms with Crippen molar-refractivity contribution in [3.63, 3.8) is 0 Å². The number of rotatable bonds is 3. The molecule has 0 bridgehead atoms. The van der Waals surface area contributed by atoms with E-state index in [1.54, 1.807) is 0 Å². The molecule has 0 amide bonds. The Morgan fingerprint density at radius 2 is 2.12 bits per heavy atom. The third-order valence-electron chi connectivity index (χ3n) is 3.41. The molecule has 0 aliphatic carbocycles. The first-order valence-electron chi connectivity index (χ1n) is 6.26. The first-order valence-corrected chi connectivity index (χ1v) is 6.26. The molecule has 1 aromatic heterocycles. The van der Waals surface area contributed by atoms with Crippen LogP contribution in [0.25, 0.3) is 0 Å². The zero-order valence-electron chi connectivity index (χ0n) is 10.8. The zero-order valence-corrected chi connectivity index (χ0v) is 10.8. The van der Waals surface area contributed by atoms with E-state index in [1.807, 2.05) is 12.1 Å². The van der Waals surface area contributed by atoms with Gasteiger partial charge in [0.05, 0.1) is 11.4 Å². The van der Waals surface area contributed by atoms with E-state index >= 15 is 0 Å². The molecule has 1 aromatic rings. The van der Waals surface area contributed by atoms with E-state index in [0.29, 0.717) is 12.6 Å². The maximum atomic E-state index is 5.61. The number of likely N-dealkylation sites (N-methyl/N-ethyl adjacent to an activating group) is 1. The van der Waals surface area contributed by atoms with Gasteiger partial charge in [0.1, 0.15) is 0 Å². The van der Waals surface area contributed by atoms with Crippen LogP contribution in [0, 0.1) is 0 Å². The Balaban J connectivity index is 2.00. The van der Waals surface area contributed by atoms with Crippen LogP contribution in [0.3, 0.4) is 0 Å². The van der Waals surface area contributed by atoms with Gasteiger partial charge in [0.25, 0.3) is 0 Å². The van der Waals surface area contributed by atoms with Gasteiger partial charge in [0.15, 0.2) is 0 Å². The van der Waals surface area contributed by atoms with Crippen molar-refractivity contribution in [3.05, 3.63) is 29.6 Å². The average Bonchev–Trinajstić information content (AvgIpc) is 2.33. The number of nitrogens with zero attached hydrogens (tertiary/aromatic N) is 3. The second kappa shape index (κ2) is 5.58. The van der Waals surface area contributed by atoms with Gasteiger partial charge in [-0.05, 0) is 26.1 Å². The molecule has 2 heterocycles. The summed E-state index contributed by atoms with van der Waals surface area (Å²) in [7, 11) is 2.18. The highest BCUT2D eigenvalue weighted by molar-refractivity contribution is 5.11. The summed E-state index contributed by atoms with van der Waals surface area (Å²) >= 11 is 0. The van der Waals surface area contributed by atoms with Crippen molar-refractivity contribution in [1.29, 1.82) is 0 Å². The van der Waals surface area contributed by atoms with Gasteiger partial charge in [0, 0.05) is 38.8 Å². The van der Waals surface area contributed by atoms with Crippen LogP contribution in [0.5, 0.6) is 0 Å². The van der Waals surface area contributed by atoms with Crippen molar-refractivity contribution >= 4 is 0 Å². The minimum atomic E-state index is 0.520. The Morgan fingerprint density at radius 3 is 2.82 bits per heavy atom. The number of aromatic nitrogens is 1. The van der Waals surface area contributed by atoms with Crippen molar-refractivity contribution in [2.45, 2.75) is 26.1 Å². The third-order valence-corrected chi connectivity index (χ3v) is 3.41. The molecule has 1 fully saturated rings. The topological polar surface area (TPSA) is 45.4 Å². The van der Waals surface area contributed by atoms with Crippen LogP contribution in [-0.4, -0.2) is 47.5 Å². The molecule has 1 aliphatic rings. The summed E-state index contributed by atoms with van der Waals surface area (Å²) in [6.45, 7) is 7.13. The van der Waals surface area contributed by atoms with Gasteiger partial charge in [-0.3, -0.25) is 9.88 Å². The summed E-state index contributed by atoms with van der Waals surface area (Å²) in [6, 6.07) is 6.71. The van der Waals surface area contributed by atoms with Gasteiger partial charge in [-0.2, -0.15) is 0 Å². The van der Waals surface area contributed by atoms with Gasteiger partial charge >= 0.3 is 0 Å². The van der Waals surface area contributed by atoms with Gasteiger partial charge in [-0.25, -0.2) is 0 Å². The SMILES string of the molecule is CC1CN(C)CCN1Cc1cccc(CN)n1. The van der Waals surface area contributed by atoms with Gasteiger partial charge in [-0.15, -0.1) is 0 Å². The molecule has 1 unspecified atom stereocenters. The normalized spacial score (nSPS) is 22.9. The number of nitrogens with two attached hydrogens (primary N) is 1. The number of hydrogen-bond donors (Lipinski definition) is 1. The highest BCUT2D eigenvalue weighted by Gasteiger charge is 2.21. The lowest BCUT2D eigenvalue weighted by Gasteiger charge is -2.38. The Bertz CT molecular complexity index is 366. The molecule has 17 heavy (non-hydrogen) atoms. The standard InChI is InChI=1S/C13H22N4/c1-11-9-16(2)6-7-17(11)10-13-5-3-4-12(8-14)15-13/h3-5,11H,6-10,14H2,1-2H3. The maximum absolute atomic E-state index is 5.61. The van der Waals surface area contributed by atoms with E-state index in [1.165, 1.54) is 0 Å². The fourth-order valence-electron chi connectivity index (χ4n) is 2.35. The fraction of sp³-hybridized carbons (Fsp3) is 0.615. The minimum absolute atomic E-state index is 0.520. The third kappa shape index (κ3) is 3.25. The second-order valence-electron chi connectivity index (χ2n) is 4.91. The minimum Gasteiger partial charge on any atom is -0.325 e. The molecule has 1 saturated heterocycles. The Morgan fingerprint density at radius 1 is 1.35 bits per heavy atom. The number of piperazine rings is 1. The lowest BCUT2D eigenvalue weighted by Crippen LogP contribution is -2.49. The van der Waals surface area contributed by atoms with Gasteiger partial charge < -0.3 is 10.6 Å². The lowest BCUT2D eigenvalue weighted by molar-refractivity contribution is 0.0927. The van der Waals surface area contributed by atoms with Crippen molar-refractivity contribution in [2.24, 2.45) is 5.73 Å². The zero-order chi connectivity index (χ0) is 12.3. The Kier molecular flexibility index (Phi) is 4.10. The quantitative estimate of drug-likeness (QED) is 0.835. The number of hydrogen-bond acceptors (Lipinski definition) is 4. The fourth-order valence-corrected chi connectivity index (χ4v) is 2.35. The molecular formula is C13H22N4. The molecule has 2 rings (SSSR count). The van der Waals surface area contributed by atoms with E-state index < -0.39 is 0 Å². The Hall–Kier alpha value is -0.970. The molecular weight excluding hydrogens is 212 g/mol. The first kappa shape index (κ1) is 12.5. The lowest BCUT2D eigenvalue weighted by atomic mass is 10.2. The summed E-state index contributed by atoms with van der Waals surface area (Å²) < 4.78 is 0. The van der Waals surface area contributed by atoms with Crippen LogP contribution in [0.4, 0.5) is 0 Å². The molecule has 2 N–H and O–H groups in total. The molecule has 1 aliphatic heterocycles. The van der Waals surface area contributed by atoms with Crippen LogP contribution in [0.15, 0.2) is 18.2 Å². The molecule has 0 spiro atoms. The molecule has 94 valence electrons. The van der Waals surface area contributed by atoms with Crippen molar-refractivity contribution in [3.8, 4) is 0 Å². The second-order valence-corrected chi connectivity index (χ2v) is 4.91. The average molecular weight is 234 g/mol. The predicted octanol–water partition coefficient (Wildman–Crippen LogP) is 0.676. The largest absolute Gasteiger partial charge is 0.325 e. The first-order chi connectivity index (χ1) is 8.19. The van der Waals surface area contributed by atoms with E-state index in [9.17, 15) is 0 Å². The van der Waals surface area contributed by atoms with Crippen LogP contribution < -0.4 is 5.73 Å². The van der Waals surface area contributed by atoms with Crippen molar-refractivity contribution < 1.29 is 0 Å². The van der Waals surface area contributed by atoms with Crippen LogP contribution in [0.2, 0.25) is 0 Å². The monoisotopic (exact) mass is 234 g/mol. The van der Waals surface area contributed by atoms with Crippen molar-refractivity contribution in [1.82, 2.24) is 14.8 Å². The summed E-state index contributed by atoms with van der Waals surface area (Å²) in [6.07, 6.45) is 0. The highest BCUT2D eigenvalue weighted by Crippen LogP contribution is 2.12. The van der Waals surface area contributed by atoms with Gasteiger partial charge in [-0.1, -0.05) is 6.07 Å². The molecule has 4 heteroatoms. The van der Waals surface area contributed by atoms with Crippen LogP contribution >= 0.6 is 0 Å². The van der Waals surface area contributed by atoms with Gasteiger partial charge in [0.2, 0.25) is 0 Å². The summed E-state index contributed by atoms with van der Waals surface area (Å²) in [5.74, 6) is 0. The summed E-state index contributed by atoms with van der Waals surface area (Å²) in [4.78, 5) is 9.43. The van der Waals surface area contributed by atoms with Crippen LogP contribution in [-0.2, 0) is 13.1 Å². The van der Waals surface area contributed by atoms with E-state index in [0.717, 1.165) is 37.6 Å². The molecule has 0 saturated carbocycles. The van der Waals surface area contributed by atoms with Crippen LogP contribution in [0.1, 0.15) is 18.3 Å². The smallest absolute Gasteiger partial charge is 0.0548 e. The highest BCUT2D eigenvalue weighted by atomic mass is 15.3. The van der Waals surface area contributed by atoms with Crippen molar-refractivity contribution in [2.75, 3.05) is 26.7 Å². The van der Waals surface area contributed by atoms with E-state index in [4.69, 9.17) is 5.73 Å². The maximum Gasteiger partial charge on any atom is 0.0548 e. The molecule has 0 aromatic carbocycles. The van der Waals surface area contributed by atoms with E-state index in [2.05, 4.69) is 34.8 Å². The summed E-state index contributed by atoms with van der Waals surface area (Å²) in [5.41, 5.74) is 7.72. The molecule has 0 radical (unpaired) electrons. The predicted molar refractivity (Wildman–Crippen MR) is 69.5 cm³/mol. The van der Waals surface area contributed by atoms with E-state index in [-0.39, 0.29) is 0 Å². The molecule has 4 nitrogen and oxygen atoms in total. The molecule has 1 atom stereocenters. The Labute approximate surface area is 103 Å².